The number of carbonyl (C=O) groups excluding carboxylic acids is 1. The fourth-order valence-electron chi connectivity index (χ4n) is 3.05. The van der Waals surface area contributed by atoms with Gasteiger partial charge in [0.05, 0.1) is 19.7 Å². The van der Waals surface area contributed by atoms with E-state index in [0.717, 1.165) is 11.0 Å². The smallest absolute Gasteiger partial charge is 0.337 e. The second-order valence-electron chi connectivity index (χ2n) is 6.78. The van der Waals surface area contributed by atoms with Crippen molar-refractivity contribution in [2.45, 2.75) is 26.5 Å². The van der Waals surface area contributed by atoms with Crippen LogP contribution in [0.5, 0.6) is 5.75 Å². The number of benzene rings is 2. The Kier molecular flexibility index (Phi) is 5.46. The molecule has 0 bridgehead atoms. The molecule has 0 aliphatic rings. The van der Waals surface area contributed by atoms with Crippen molar-refractivity contribution in [3.05, 3.63) is 59.4 Å². The molecule has 6 heteroatoms. The van der Waals surface area contributed by atoms with Gasteiger partial charge in [-0.3, -0.25) is 0 Å². The van der Waals surface area contributed by atoms with Crippen LogP contribution in [0.2, 0.25) is 0 Å². The van der Waals surface area contributed by atoms with Gasteiger partial charge >= 0.3 is 5.97 Å². The average Bonchev–Trinajstić information content (AvgIpc) is 2.95. The molecular formula is C21H25N2O4+. The summed E-state index contributed by atoms with van der Waals surface area (Å²) in [5.74, 6) is 0.204. The molecule has 1 heterocycles. The number of aliphatic hydroxyl groups excluding tert-OH is 1. The van der Waals surface area contributed by atoms with Crippen molar-refractivity contribution >= 4 is 17.0 Å². The lowest BCUT2D eigenvalue weighted by Crippen LogP contribution is -2.27. The van der Waals surface area contributed by atoms with Gasteiger partial charge in [-0.25, -0.2) is 13.9 Å². The molecule has 0 spiro atoms. The first-order chi connectivity index (χ1) is 12.9. The minimum Gasteiger partial charge on any atom is -0.491 e. The maximum atomic E-state index is 11.4. The van der Waals surface area contributed by atoms with Gasteiger partial charge in [-0.05, 0) is 61.4 Å². The average molecular weight is 369 g/mol. The Bertz CT molecular complexity index is 960. The van der Waals surface area contributed by atoms with Gasteiger partial charge in [0, 0.05) is 0 Å². The molecule has 0 amide bonds. The van der Waals surface area contributed by atoms with Crippen LogP contribution >= 0.6 is 0 Å². The van der Waals surface area contributed by atoms with Gasteiger partial charge in [0.2, 0.25) is 6.33 Å². The molecule has 0 saturated carbocycles. The lowest BCUT2D eigenvalue weighted by molar-refractivity contribution is -0.645. The van der Waals surface area contributed by atoms with Gasteiger partial charge < -0.3 is 14.6 Å². The van der Waals surface area contributed by atoms with Crippen molar-refractivity contribution in [1.82, 2.24) is 4.57 Å². The van der Waals surface area contributed by atoms with Crippen LogP contribution in [0.25, 0.3) is 11.0 Å². The first-order valence-electron chi connectivity index (χ1n) is 8.84. The van der Waals surface area contributed by atoms with Crippen molar-refractivity contribution in [2.24, 2.45) is 7.05 Å². The number of hydrogen-bond acceptors (Lipinski definition) is 4. The number of hydrogen-bond donors (Lipinski definition) is 1. The van der Waals surface area contributed by atoms with E-state index in [1.165, 1.54) is 18.2 Å². The molecule has 6 nitrogen and oxygen atoms in total. The number of aliphatic hydroxyl groups is 1. The standard InChI is InChI=1S/C21H25N2O4/c1-14-9-19-20(10-15(14)2)23(13-22(19)3)11-17(24)12-27-18-7-5-16(6-8-18)21(25)26-4/h5-10,13,17,24H,11-12H2,1-4H3/q+1. The van der Waals surface area contributed by atoms with E-state index in [1.807, 2.05) is 17.9 Å². The van der Waals surface area contributed by atoms with Gasteiger partial charge in [0.25, 0.3) is 0 Å². The highest BCUT2D eigenvalue weighted by Gasteiger charge is 2.18. The molecule has 142 valence electrons. The van der Waals surface area contributed by atoms with Gasteiger partial charge in [-0.1, -0.05) is 0 Å². The molecule has 1 atom stereocenters. The van der Waals surface area contributed by atoms with Crippen LogP contribution in [0.4, 0.5) is 0 Å². The summed E-state index contributed by atoms with van der Waals surface area (Å²) in [6.07, 6.45) is 1.32. The van der Waals surface area contributed by atoms with Crippen LogP contribution in [0.3, 0.4) is 0 Å². The SMILES string of the molecule is COC(=O)c1ccc(OCC(O)Cn2c[n+](C)c3cc(C)c(C)cc32)cc1. The van der Waals surface area contributed by atoms with E-state index >= 15 is 0 Å². The molecule has 0 fully saturated rings. The molecule has 0 aliphatic carbocycles. The number of imidazole rings is 1. The van der Waals surface area contributed by atoms with Crippen molar-refractivity contribution in [3.8, 4) is 5.75 Å². The summed E-state index contributed by atoms with van der Waals surface area (Å²) in [6, 6.07) is 11.0. The number of aryl methyl sites for hydroxylation is 3. The highest BCUT2D eigenvalue weighted by atomic mass is 16.5. The second kappa shape index (κ2) is 7.80. The summed E-state index contributed by atoms with van der Waals surface area (Å²) in [7, 11) is 3.34. The molecule has 0 aliphatic heterocycles. The molecular weight excluding hydrogens is 344 g/mol. The Morgan fingerprint density at radius 1 is 1.19 bits per heavy atom. The maximum Gasteiger partial charge on any atom is 0.337 e. The van der Waals surface area contributed by atoms with Crippen molar-refractivity contribution in [3.63, 3.8) is 0 Å². The predicted octanol–water partition coefficient (Wildman–Crippen LogP) is 2.31. The topological polar surface area (TPSA) is 64.6 Å². The highest BCUT2D eigenvalue weighted by molar-refractivity contribution is 5.89. The van der Waals surface area contributed by atoms with E-state index in [9.17, 15) is 9.90 Å². The molecule has 3 aromatic rings. The monoisotopic (exact) mass is 369 g/mol. The number of carbonyl (C=O) groups is 1. The summed E-state index contributed by atoms with van der Waals surface area (Å²) in [5, 5.41) is 10.4. The van der Waals surface area contributed by atoms with Crippen LogP contribution < -0.4 is 9.30 Å². The molecule has 1 aromatic heterocycles. The number of methoxy groups -OCH3 is 1. The molecule has 2 aromatic carbocycles. The largest absolute Gasteiger partial charge is 0.491 e. The summed E-state index contributed by atoms with van der Waals surface area (Å²) >= 11 is 0. The van der Waals surface area contributed by atoms with Crippen molar-refractivity contribution < 1.29 is 23.9 Å². The Labute approximate surface area is 158 Å². The quantitative estimate of drug-likeness (QED) is 0.535. The lowest BCUT2D eigenvalue weighted by Gasteiger charge is -2.11. The third-order valence-electron chi connectivity index (χ3n) is 4.72. The number of rotatable bonds is 6. The van der Waals surface area contributed by atoms with Gasteiger partial charge in [0.1, 0.15) is 25.0 Å². The lowest BCUT2D eigenvalue weighted by atomic mass is 10.1. The molecule has 1 unspecified atom stereocenters. The Hall–Kier alpha value is -2.86. The third-order valence-corrected chi connectivity index (χ3v) is 4.72. The Morgan fingerprint density at radius 2 is 1.85 bits per heavy atom. The fraction of sp³-hybridized carbons (Fsp3) is 0.333. The van der Waals surface area contributed by atoms with Crippen LogP contribution in [0.15, 0.2) is 42.7 Å². The van der Waals surface area contributed by atoms with Crippen molar-refractivity contribution in [1.29, 1.82) is 0 Å². The van der Waals surface area contributed by atoms with E-state index in [1.54, 1.807) is 24.3 Å². The van der Waals surface area contributed by atoms with Gasteiger partial charge in [0.15, 0.2) is 11.0 Å². The normalized spacial score (nSPS) is 12.2. The van der Waals surface area contributed by atoms with Crippen LogP contribution in [-0.4, -0.2) is 35.5 Å². The predicted molar refractivity (Wildman–Crippen MR) is 102 cm³/mol. The number of fused-ring (bicyclic) bond motifs is 1. The zero-order chi connectivity index (χ0) is 19.6. The molecule has 0 radical (unpaired) electrons. The Balaban J connectivity index is 1.66. The minimum atomic E-state index is -0.664. The maximum absolute atomic E-state index is 11.4. The van der Waals surface area contributed by atoms with E-state index in [2.05, 4.69) is 35.3 Å². The van der Waals surface area contributed by atoms with Crippen LogP contribution in [-0.2, 0) is 18.3 Å². The number of nitrogens with zero attached hydrogens (tertiary/aromatic N) is 2. The summed E-state index contributed by atoms with van der Waals surface area (Å²) in [4.78, 5) is 11.4. The molecule has 27 heavy (non-hydrogen) atoms. The molecule has 1 N–H and O–H groups in total. The fourth-order valence-corrected chi connectivity index (χ4v) is 3.05. The first kappa shape index (κ1) is 18.9. The summed E-state index contributed by atoms with van der Waals surface area (Å²) in [5.41, 5.74) is 5.14. The minimum absolute atomic E-state index is 0.159. The zero-order valence-electron chi connectivity index (χ0n) is 16.1. The van der Waals surface area contributed by atoms with Gasteiger partial charge in [-0.2, -0.15) is 0 Å². The first-order valence-corrected chi connectivity index (χ1v) is 8.84. The second-order valence-corrected chi connectivity index (χ2v) is 6.78. The zero-order valence-corrected chi connectivity index (χ0v) is 16.1. The van der Waals surface area contributed by atoms with E-state index in [0.29, 0.717) is 17.9 Å². The van der Waals surface area contributed by atoms with E-state index < -0.39 is 6.10 Å². The highest BCUT2D eigenvalue weighted by Crippen LogP contribution is 2.18. The van der Waals surface area contributed by atoms with Gasteiger partial charge in [-0.15, -0.1) is 0 Å². The van der Waals surface area contributed by atoms with Crippen molar-refractivity contribution in [2.75, 3.05) is 13.7 Å². The third kappa shape index (κ3) is 4.11. The number of esters is 1. The Morgan fingerprint density at radius 3 is 2.52 bits per heavy atom. The van der Waals surface area contributed by atoms with Crippen LogP contribution in [0, 0.1) is 13.8 Å². The van der Waals surface area contributed by atoms with E-state index in [-0.39, 0.29) is 12.6 Å². The van der Waals surface area contributed by atoms with E-state index in [4.69, 9.17) is 4.74 Å². The summed E-state index contributed by atoms with van der Waals surface area (Å²) < 4.78 is 14.4. The molecule has 0 saturated heterocycles. The number of ether oxygens (including phenoxy) is 2. The molecule has 3 rings (SSSR count). The summed E-state index contributed by atoms with van der Waals surface area (Å²) in [6.45, 7) is 4.77. The number of aromatic nitrogens is 2. The van der Waals surface area contributed by atoms with Crippen LogP contribution in [0.1, 0.15) is 21.5 Å².